The largest absolute Gasteiger partial charge is 0.456 e. The molecule has 0 aliphatic carbocycles. The van der Waals surface area contributed by atoms with Crippen molar-refractivity contribution >= 4 is 7.12 Å². The van der Waals surface area contributed by atoms with Crippen molar-refractivity contribution in [2.24, 2.45) is 0 Å². The Kier molecular flexibility index (Phi) is 8.17. The van der Waals surface area contributed by atoms with Gasteiger partial charge in [-0.15, -0.1) is 0 Å². The number of aliphatic hydroxyl groups excluding tert-OH is 2. The van der Waals surface area contributed by atoms with Crippen molar-refractivity contribution in [3.8, 4) is 0 Å². The van der Waals surface area contributed by atoms with Crippen LogP contribution >= 0.6 is 0 Å². The number of rotatable bonds is 3. The van der Waals surface area contributed by atoms with E-state index in [1.54, 1.807) is 0 Å². The second kappa shape index (κ2) is 8.71. The van der Waals surface area contributed by atoms with Gasteiger partial charge in [0.2, 0.25) is 0 Å². The van der Waals surface area contributed by atoms with E-state index < -0.39 is 7.12 Å². The highest BCUT2D eigenvalue weighted by atomic mass is 16.4. The fraction of sp³-hybridized carbons (Fsp3) is 0.333. The molecule has 0 saturated carbocycles. The Morgan fingerprint density at radius 2 is 1.43 bits per heavy atom. The molecule has 0 unspecified atom stereocenters. The third-order valence-electron chi connectivity index (χ3n) is 1.36. The Balaban J connectivity index is 0.000000364. The molecular formula is C9H15BO4. The zero-order valence-electron chi connectivity index (χ0n) is 7.87. The van der Waals surface area contributed by atoms with Crippen molar-refractivity contribution in [2.45, 2.75) is 6.32 Å². The lowest BCUT2D eigenvalue weighted by Gasteiger charge is -1.96. The first-order valence-electron chi connectivity index (χ1n) is 4.32. The third kappa shape index (κ3) is 7.76. The summed E-state index contributed by atoms with van der Waals surface area (Å²) in [6, 6.07) is 9.36. The van der Waals surface area contributed by atoms with Crippen LogP contribution in [-0.4, -0.2) is 40.6 Å². The molecule has 0 aliphatic heterocycles. The van der Waals surface area contributed by atoms with Gasteiger partial charge in [-0.2, -0.15) is 0 Å². The fourth-order valence-electron chi connectivity index (χ4n) is 0.825. The Bertz CT molecular complexity index is 213. The standard InChI is InChI=1S/C7H9BO2.C2H6O2/c9-8(10)6-7-4-2-1-3-5-7;3-1-2-4/h1-5,9-10H,6H2;3-4H,1-2H2. The average molecular weight is 198 g/mol. The summed E-state index contributed by atoms with van der Waals surface area (Å²) >= 11 is 0. The average Bonchev–Trinajstić information content (AvgIpc) is 2.19. The molecule has 0 saturated heterocycles. The van der Waals surface area contributed by atoms with Gasteiger partial charge >= 0.3 is 7.12 Å². The van der Waals surface area contributed by atoms with Gasteiger partial charge in [-0.25, -0.2) is 0 Å². The minimum absolute atomic E-state index is 0.125. The molecule has 0 atom stereocenters. The maximum absolute atomic E-state index is 8.56. The van der Waals surface area contributed by atoms with Crippen molar-refractivity contribution in [1.29, 1.82) is 0 Å². The normalized spacial score (nSPS) is 8.86. The van der Waals surface area contributed by atoms with E-state index in [1.807, 2.05) is 30.3 Å². The van der Waals surface area contributed by atoms with E-state index in [4.69, 9.17) is 20.3 Å². The molecule has 0 bridgehead atoms. The van der Waals surface area contributed by atoms with Gasteiger partial charge in [-0.1, -0.05) is 35.9 Å². The molecule has 1 rings (SSSR count). The highest BCUT2D eigenvalue weighted by molar-refractivity contribution is 6.40. The monoisotopic (exact) mass is 198 g/mol. The second-order valence-corrected chi connectivity index (χ2v) is 2.62. The highest BCUT2D eigenvalue weighted by Crippen LogP contribution is 1.98. The molecule has 4 N–H and O–H groups in total. The Morgan fingerprint density at radius 3 is 1.79 bits per heavy atom. The molecule has 0 heterocycles. The predicted molar refractivity (Wildman–Crippen MR) is 54.5 cm³/mol. The molecular weight excluding hydrogens is 183 g/mol. The molecule has 0 aromatic heterocycles. The van der Waals surface area contributed by atoms with Gasteiger partial charge in [0.05, 0.1) is 13.2 Å². The molecule has 14 heavy (non-hydrogen) atoms. The smallest absolute Gasteiger partial charge is 0.427 e. The Morgan fingerprint density at radius 1 is 0.929 bits per heavy atom. The summed E-state index contributed by atoms with van der Waals surface area (Å²) in [6.45, 7) is -0.250. The van der Waals surface area contributed by atoms with Gasteiger partial charge < -0.3 is 20.3 Å². The molecule has 0 fully saturated rings. The van der Waals surface area contributed by atoms with Gasteiger partial charge in [-0.3, -0.25) is 0 Å². The van der Waals surface area contributed by atoms with Crippen molar-refractivity contribution in [1.82, 2.24) is 0 Å². The van der Waals surface area contributed by atoms with Crippen molar-refractivity contribution in [3.05, 3.63) is 35.9 Å². The summed E-state index contributed by atoms with van der Waals surface area (Å²) in [5.41, 5.74) is 0.942. The van der Waals surface area contributed by atoms with Gasteiger partial charge in [0, 0.05) is 6.32 Å². The minimum atomic E-state index is -1.23. The third-order valence-corrected chi connectivity index (χ3v) is 1.36. The van der Waals surface area contributed by atoms with Crippen LogP contribution in [0.25, 0.3) is 0 Å². The number of aliphatic hydroxyl groups is 2. The number of hydrogen-bond donors (Lipinski definition) is 4. The van der Waals surface area contributed by atoms with E-state index in [9.17, 15) is 0 Å². The van der Waals surface area contributed by atoms with E-state index in [0.717, 1.165) is 5.56 Å². The Labute approximate surface area is 83.6 Å². The summed E-state index contributed by atoms with van der Waals surface area (Å²) in [5, 5.41) is 32.4. The molecule has 5 heteroatoms. The minimum Gasteiger partial charge on any atom is -0.427 e. The lowest BCUT2D eigenvalue weighted by molar-refractivity contribution is 0.186. The van der Waals surface area contributed by atoms with Gasteiger partial charge in [0.15, 0.2) is 0 Å². The first-order chi connectivity index (χ1) is 6.70. The van der Waals surface area contributed by atoms with Crippen LogP contribution in [0.1, 0.15) is 5.56 Å². The second-order valence-electron chi connectivity index (χ2n) is 2.62. The van der Waals surface area contributed by atoms with Gasteiger partial charge in [-0.05, 0) is 0 Å². The molecule has 0 radical (unpaired) electrons. The number of hydrogen-bond acceptors (Lipinski definition) is 4. The molecule has 0 amide bonds. The first kappa shape index (κ1) is 13.1. The van der Waals surface area contributed by atoms with E-state index in [1.165, 1.54) is 0 Å². The van der Waals surface area contributed by atoms with Crippen molar-refractivity contribution < 1.29 is 20.3 Å². The maximum Gasteiger partial charge on any atom is 0.456 e. The van der Waals surface area contributed by atoms with Crippen LogP contribution in [-0.2, 0) is 6.32 Å². The van der Waals surface area contributed by atoms with Crippen LogP contribution in [0.4, 0.5) is 0 Å². The van der Waals surface area contributed by atoms with Crippen molar-refractivity contribution in [2.75, 3.05) is 13.2 Å². The van der Waals surface area contributed by atoms with Crippen LogP contribution < -0.4 is 0 Å². The quantitative estimate of drug-likeness (QED) is 0.480. The summed E-state index contributed by atoms with van der Waals surface area (Å²) < 4.78 is 0. The number of benzene rings is 1. The highest BCUT2D eigenvalue weighted by Gasteiger charge is 2.05. The topological polar surface area (TPSA) is 80.9 Å². The van der Waals surface area contributed by atoms with E-state index in [-0.39, 0.29) is 13.2 Å². The van der Waals surface area contributed by atoms with E-state index in [2.05, 4.69) is 0 Å². The fourth-order valence-corrected chi connectivity index (χ4v) is 0.825. The molecule has 1 aromatic carbocycles. The summed E-state index contributed by atoms with van der Waals surface area (Å²) in [6.07, 6.45) is 0.306. The first-order valence-corrected chi connectivity index (χ1v) is 4.32. The maximum atomic E-state index is 8.56. The zero-order chi connectivity index (χ0) is 10.8. The summed E-state index contributed by atoms with van der Waals surface area (Å²) in [4.78, 5) is 0. The molecule has 0 spiro atoms. The van der Waals surface area contributed by atoms with Crippen molar-refractivity contribution in [3.63, 3.8) is 0 Å². The molecule has 78 valence electrons. The van der Waals surface area contributed by atoms with E-state index in [0.29, 0.717) is 6.32 Å². The van der Waals surface area contributed by atoms with Crippen LogP contribution in [0.5, 0.6) is 0 Å². The zero-order valence-corrected chi connectivity index (χ0v) is 7.87. The SMILES string of the molecule is OB(O)Cc1ccccc1.OCCO. The van der Waals surface area contributed by atoms with Gasteiger partial charge in [0.1, 0.15) is 0 Å². The van der Waals surface area contributed by atoms with Crippen LogP contribution in [0.15, 0.2) is 30.3 Å². The Hall–Kier alpha value is -0.875. The van der Waals surface area contributed by atoms with Crippen LogP contribution in [0, 0.1) is 0 Å². The molecule has 1 aromatic rings. The predicted octanol–water partition coefficient (Wildman–Crippen LogP) is -0.788. The molecule has 0 aliphatic rings. The van der Waals surface area contributed by atoms with Crippen LogP contribution in [0.2, 0.25) is 0 Å². The summed E-state index contributed by atoms with van der Waals surface area (Å²) in [7, 11) is -1.23. The van der Waals surface area contributed by atoms with Crippen LogP contribution in [0.3, 0.4) is 0 Å². The summed E-state index contributed by atoms with van der Waals surface area (Å²) in [5.74, 6) is 0. The lowest BCUT2D eigenvalue weighted by Crippen LogP contribution is -2.14. The van der Waals surface area contributed by atoms with E-state index >= 15 is 0 Å². The molecule has 4 nitrogen and oxygen atoms in total. The lowest BCUT2D eigenvalue weighted by atomic mass is 9.82. The van der Waals surface area contributed by atoms with Gasteiger partial charge in [0.25, 0.3) is 0 Å².